The number of hydrogen-bond acceptors (Lipinski definition) is 4. The number of halogens is 1. The second-order valence-electron chi connectivity index (χ2n) is 5.68. The molecular weight excluding hydrogens is 304 g/mol. The van der Waals surface area contributed by atoms with Crippen LogP contribution in [0.1, 0.15) is 19.4 Å². The summed E-state index contributed by atoms with van der Waals surface area (Å²) in [5.74, 6) is 0.710. The maximum absolute atomic E-state index is 12.1. The predicted molar refractivity (Wildman–Crippen MR) is 86.3 cm³/mol. The topological polar surface area (TPSA) is 50.8 Å². The third-order valence-corrected chi connectivity index (χ3v) is 3.82. The SMILES string of the molecule is COc1ccc(Cl)cc1CNC(=O)CN1CC(C)OC(C)C1. The highest BCUT2D eigenvalue weighted by molar-refractivity contribution is 6.30. The molecule has 5 nitrogen and oxygen atoms in total. The first-order chi connectivity index (χ1) is 10.5. The minimum absolute atomic E-state index is 0.0108. The monoisotopic (exact) mass is 326 g/mol. The van der Waals surface area contributed by atoms with Gasteiger partial charge in [0, 0.05) is 30.2 Å². The molecule has 1 fully saturated rings. The summed E-state index contributed by atoms with van der Waals surface area (Å²) >= 11 is 5.99. The Hall–Kier alpha value is -1.30. The van der Waals surface area contributed by atoms with Gasteiger partial charge in [0.05, 0.1) is 25.9 Å². The van der Waals surface area contributed by atoms with Crippen LogP contribution in [0.4, 0.5) is 0 Å². The normalized spacial score (nSPS) is 22.4. The lowest BCUT2D eigenvalue weighted by molar-refractivity contribution is -0.126. The number of nitrogens with zero attached hydrogens (tertiary/aromatic N) is 1. The Morgan fingerprint density at radius 2 is 2.09 bits per heavy atom. The van der Waals surface area contributed by atoms with Crippen molar-refractivity contribution in [2.75, 3.05) is 26.7 Å². The minimum atomic E-state index is -0.0108. The molecular formula is C16H23ClN2O3. The standard InChI is InChI=1S/C16H23ClN2O3/c1-11-8-19(9-12(2)22-11)10-16(20)18-7-13-6-14(17)4-5-15(13)21-3/h4-6,11-12H,7-10H2,1-3H3,(H,18,20). The average Bonchev–Trinajstić information content (AvgIpc) is 2.44. The van der Waals surface area contributed by atoms with Crippen molar-refractivity contribution in [1.82, 2.24) is 10.2 Å². The van der Waals surface area contributed by atoms with Crippen molar-refractivity contribution in [1.29, 1.82) is 0 Å². The molecule has 1 heterocycles. The molecule has 0 spiro atoms. The number of ether oxygens (including phenoxy) is 2. The van der Waals surface area contributed by atoms with E-state index in [4.69, 9.17) is 21.1 Å². The molecule has 22 heavy (non-hydrogen) atoms. The van der Waals surface area contributed by atoms with Crippen molar-refractivity contribution < 1.29 is 14.3 Å². The van der Waals surface area contributed by atoms with Crippen LogP contribution < -0.4 is 10.1 Å². The van der Waals surface area contributed by atoms with Gasteiger partial charge < -0.3 is 14.8 Å². The number of nitrogens with one attached hydrogen (secondary N) is 1. The molecule has 1 aliphatic heterocycles. The summed E-state index contributed by atoms with van der Waals surface area (Å²) in [4.78, 5) is 14.2. The van der Waals surface area contributed by atoms with Crippen LogP contribution in [0.3, 0.4) is 0 Å². The summed E-state index contributed by atoms with van der Waals surface area (Å²) in [5, 5.41) is 3.54. The van der Waals surface area contributed by atoms with Crippen LogP contribution in [0, 0.1) is 0 Å². The van der Waals surface area contributed by atoms with E-state index in [1.807, 2.05) is 13.8 Å². The number of amides is 1. The summed E-state index contributed by atoms with van der Waals surface area (Å²) in [6, 6.07) is 5.37. The molecule has 1 aromatic carbocycles. The van der Waals surface area contributed by atoms with E-state index in [9.17, 15) is 4.79 Å². The van der Waals surface area contributed by atoms with Gasteiger partial charge in [0.25, 0.3) is 0 Å². The highest BCUT2D eigenvalue weighted by Gasteiger charge is 2.23. The number of rotatable bonds is 5. The lowest BCUT2D eigenvalue weighted by Crippen LogP contribution is -2.49. The quantitative estimate of drug-likeness (QED) is 0.900. The van der Waals surface area contributed by atoms with Gasteiger partial charge in [0.1, 0.15) is 5.75 Å². The average molecular weight is 327 g/mol. The van der Waals surface area contributed by atoms with E-state index in [0.29, 0.717) is 18.1 Å². The van der Waals surface area contributed by atoms with E-state index in [2.05, 4.69) is 10.2 Å². The first-order valence-electron chi connectivity index (χ1n) is 7.45. The van der Waals surface area contributed by atoms with Crippen molar-refractivity contribution in [3.05, 3.63) is 28.8 Å². The third-order valence-electron chi connectivity index (χ3n) is 3.58. The molecule has 122 valence electrons. The fraction of sp³-hybridized carbons (Fsp3) is 0.562. The molecule has 0 radical (unpaired) electrons. The van der Waals surface area contributed by atoms with Crippen molar-refractivity contribution in [3.63, 3.8) is 0 Å². The van der Waals surface area contributed by atoms with Gasteiger partial charge in [-0.1, -0.05) is 11.6 Å². The molecule has 1 aromatic rings. The first-order valence-corrected chi connectivity index (χ1v) is 7.82. The zero-order chi connectivity index (χ0) is 16.1. The van der Waals surface area contributed by atoms with Gasteiger partial charge in [-0.15, -0.1) is 0 Å². The Balaban J connectivity index is 1.86. The van der Waals surface area contributed by atoms with Gasteiger partial charge in [0.15, 0.2) is 0 Å². The summed E-state index contributed by atoms with van der Waals surface area (Å²) < 4.78 is 10.9. The fourth-order valence-corrected chi connectivity index (χ4v) is 2.95. The van der Waals surface area contributed by atoms with E-state index in [-0.39, 0.29) is 18.1 Å². The molecule has 0 aromatic heterocycles. The van der Waals surface area contributed by atoms with Crippen LogP contribution in [-0.4, -0.2) is 49.8 Å². The second kappa shape index (κ2) is 7.81. The van der Waals surface area contributed by atoms with Crippen molar-refractivity contribution >= 4 is 17.5 Å². The number of carbonyl (C=O) groups is 1. The van der Waals surface area contributed by atoms with E-state index in [1.165, 1.54) is 0 Å². The summed E-state index contributed by atoms with van der Waals surface area (Å²) in [6.45, 7) is 6.38. The summed E-state index contributed by atoms with van der Waals surface area (Å²) in [7, 11) is 1.60. The molecule has 0 bridgehead atoms. The molecule has 1 amide bonds. The lowest BCUT2D eigenvalue weighted by atomic mass is 10.2. The number of morpholine rings is 1. The Morgan fingerprint density at radius 1 is 1.41 bits per heavy atom. The van der Waals surface area contributed by atoms with E-state index in [1.54, 1.807) is 25.3 Å². The maximum atomic E-state index is 12.1. The van der Waals surface area contributed by atoms with Gasteiger partial charge in [-0.2, -0.15) is 0 Å². The Morgan fingerprint density at radius 3 is 2.73 bits per heavy atom. The largest absolute Gasteiger partial charge is 0.496 e. The predicted octanol–water partition coefficient (Wildman–Crippen LogP) is 2.07. The molecule has 1 aliphatic rings. The highest BCUT2D eigenvalue weighted by atomic mass is 35.5. The number of benzene rings is 1. The first kappa shape index (κ1) is 17.1. The maximum Gasteiger partial charge on any atom is 0.234 e. The van der Waals surface area contributed by atoms with Crippen LogP contribution in [0.25, 0.3) is 0 Å². The minimum Gasteiger partial charge on any atom is -0.496 e. The van der Waals surface area contributed by atoms with Gasteiger partial charge in [-0.3, -0.25) is 9.69 Å². The van der Waals surface area contributed by atoms with Gasteiger partial charge >= 0.3 is 0 Å². The lowest BCUT2D eigenvalue weighted by Gasteiger charge is -2.34. The van der Waals surface area contributed by atoms with E-state index >= 15 is 0 Å². The van der Waals surface area contributed by atoms with Gasteiger partial charge in [0.2, 0.25) is 5.91 Å². The van der Waals surface area contributed by atoms with E-state index in [0.717, 1.165) is 24.4 Å². The number of carbonyl (C=O) groups excluding carboxylic acids is 1. The Kier molecular flexibility index (Phi) is 6.06. The molecule has 0 saturated carbocycles. The van der Waals surface area contributed by atoms with Crippen molar-refractivity contribution in [2.24, 2.45) is 0 Å². The van der Waals surface area contributed by atoms with Crippen LogP contribution in [-0.2, 0) is 16.1 Å². The summed E-state index contributed by atoms with van der Waals surface area (Å²) in [6.07, 6.45) is 0.314. The van der Waals surface area contributed by atoms with Crippen molar-refractivity contribution in [3.8, 4) is 5.75 Å². The molecule has 2 rings (SSSR count). The van der Waals surface area contributed by atoms with Gasteiger partial charge in [-0.05, 0) is 32.0 Å². The van der Waals surface area contributed by atoms with Gasteiger partial charge in [-0.25, -0.2) is 0 Å². The number of methoxy groups -OCH3 is 1. The molecule has 2 unspecified atom stereocenters. The van der Waals surface area contributed by atoms with Crippen LogP contribution in [0.15, 0.2) is 18.2 Å². The zero-order valence-corrected chi connectivity index (χ0v) is 14.0. The van der Waals surface area contributed by atoms with Crippen LogP contribution in [0.2, 0.25) is 5.02 Å². The number of hydrogen-bond donors (Lipinski definition) is 1. The third kappa shape index (κ3) is 4.87. The Bertz CT molecular complexity index is 514. The molecule has 1 saturated heterocycles. The molecule has 1 N–H and O–H groups in total. The zero-order valence-electron chi connectivity index (χ0n) is 13.3. The summed E-state index contributed by atoms with van der Waals surface area (Å²) in [5.41, 5.74) is 0.868. The van der Waals surface area contributed by atoms with Crippen molar-refractivity contribution in [2.45, 2.75) is 32.6 Å². The molecule has 0 aliphatic carbocycles. The Labute approximate surface area is 136 Å². The van der Waals surface area contributed by atoms with Crippen LogP contribution in [0.5, 0.6) is 5.75 Å². The molecule has 6 heteroatoms. The highest BCUT2D eigenvalue weighted by Crippen LogP contribution is 2.22. The second-order valence-corrected chi connectivity index (χ2v) is 6.12. The van der Waals surface area contributed by atoms with E-state index < -0.39 is 0 Å². The fourth-order valence-electron chi connectivity index (χ4n) is 2.75. The molecule has 2 atom stereocenters. The van der Waals surface area contributed by atoms with Crippen LogP contribution >= 0.6 is 11.6 Å². The smallest absolute Gasteiger partial charge is 0.234 e.